The number of hydrogen-bond acceptors (Lipinski definition) is 11. The standard InChI is InChI=1S/C39H52O11/c1-20(2)38-30(45-24(6)41)23(5)39-27-31-35(19-40,47-31)34(43)37(44)28(39)26(22(4)29(37)46-33(42)25-16-12-10-13-17-25)21(3)15-11-8-7-9-14-18-36(49-38,50-39)48-32(27)38/h10,12-13,16-17,21-23,26-32,34,40,43-44H,1,7-9,11,14-15,18-19H2,2-6H3/t21-,22+,23-,26+,27+,28-,29+,30-,31+,32-,34-,35+,36?,37-,38+,39-/m1/s1. The maximum absolute atomic E-state index is 13.9. The largest absolute Gasteiger partial charge is 0.459 e. The molecule has 50 heavy (non-hydrogen) atoms. The number of carbonyl (C=O) groups is 2. The molecule has 3 saturated carbocycles. The quantitative estimate of drug-likeness (QED) is 0.232. The molecular weight excluding hydrogens is 644 g/mol. The van der Waals surface area contributed by atoms with Gasteiger partial charge in [-0.05, 0) is 48.8 Å². The van der Waals surface area contributed by atoms with Gasteiger partial charge in [-0.3, -0.25) is 4.79 Å². The molecule has 11 heteroatoms. The number of hydrogen-bond donors (Lipinski definition) is 3. The molecule has 1 unspecified atom stereocenters. The van der Waals surface area contributed by atoms with Crippen LogP contribution in [0.15, 0.2) is 42.5 Å². The lowest BCUT2D eigenvalue weighted by atomic mass is 9.50. The molecule has 4 saturated heterocycles. The van der Waals surface area contributed by atoms with Crippen molar-refractivity contribution in [2.75, 3.05) is 6.61 Å². The molecule has 11 nitrogen and oxygen atoms in total. The molecule has 1 aromatic carbocycles. The van der Waals surface area contributed by atoms with E-state index in [1.807, 2.05) is 20.8 Å². The third kappa shape index (κ3) is 4.28. The predicted octanol–water partition coefficient (Wildman–Crippen LogP) is 4.06. The Balaban J connectivity index is 1.40. The lowest BCUT2D eigenvalue weighted by molar-refractivity contribution is -0.439. The normalized spacial score (nSPS) is 51.6. The van der Waals surface area contributed by atoms with Gasteiger partial charge in [0, 0.05) is 31.1 Å². The van der Waals surface area contributed by atoms with Crippen molar-refractivity contribution < 1.29 is 53.3 Å². The van der Waals surface area contributed by atoms with E-state index >= 15 is 0 Å². The van der Waals surface area contributed by atoms with Crippen LogP contribution >= 0.6 is 0 Å². The Bertz CT molecular complexity index is 1550. The van der Waals surface area contributed by atoms with Gasteiger partial charge in [0.1, 0.15) is 41.7 Å². The van der Waals surface area contributed by atoms with Gasteiger partial charge >= 0.3 is 11.9 Å². The van der Waals surface area contributed by atoms with E-state index in [-0.39, 0.29) is 11.8 Å². The number of esters is 2. The fourth-order valence-corrected chi connectivity index (χ4v) is 12.0. The van der Waals surface area contributed by atoms with Crippen LogP contribution < -0.4 is 0 Å². The number of carbonyl (C=O) groups excluding carboxylic acids is 2. The Morgan fingerprint density at radius 2 is 1.64 bits per heavy atom. The van der Waals surface area contributed by atoms with Crippen LogP contribution in [0.4, 0.5) is 0 Å². The summed E-state index contributed by atoms with van der Waals surface area (Å²) in [6.45, 7) is 13.0. The van der Waals surface area contributed by atoms with E-state index in [1.165, 1.54) is 6.92 Å². The number of aliphatic hydroxyl groups is 3. The summed E-state index contributed by atoms with van der Waals surface area (Å²) >= 11 is 0. The predicted molar refractivity (Wildman–Crippen MR) is 177 cm³/mol. The Morgan fingerprint density at radius 1 is 0.940 bits per heavy atom. The van der Waals surface area contributed by atoms with Gasteiger partial charge in [-0.2, -0.15) is 0 Å². The third-order valence-electron chi connectivity index (χ3n) is 14.0. The summed E-state index contributed by atoms with van der Waals surface area (Å²) in [7, 11) is 0. The number of ether oxygens (including phenoxy) is 6. The molecule has 7 fully saturated rings. The van der Waals surface area contributed by atoms with Crippen LogP contribution in [0.2, 0.25) is 0 Å². The van der Waals surface area contributed by atoms with Gasteiger partial charge in [0.25, 0.3) is 5.97 Å². The Hall–Kier alpha value is -2.38. The van der Waals surface area contributed by atoms with Crippen LogP contribution in [0.25, 0.3) is 0 Å². The molecule has 4 heterocycles. The average molecular weight is 697 g/mol. The second-order valence-electron chi connectivity index (χ2n) is 16.5. The number of rotatable bonds is 5. The zero-order chi connectivity index (χ0) is 35.6. The van der Waals surface area contributed by atoms with Gasteiger partial charge in [-0.25, -0.2) is 4.79 Å². The summed E-state index contributed by atoms with van der Waals surface area (Å²) in [6, 6.07) is 8.59. The van der Waals surface area contributed by atoms with Crippen molar-refractivity contribution >= 4 is 11.9 Å². The number of benzene rings is 1. The minimum absolute atomic E-state index is 0.00137. The lowest BCUT2D eigenvalue weighted by Crippen LogP contribution is -2.77. The average Bonchev–Trinajstić information content (AvgIpc) is 3.71. The number of fused-ring (bicyclic) bond motifs is 1. The minimum Gasteiger partial charge on any atom is -0.459 e. The van der Waals surface area contributed by atoms with Crippen molar-refractivity contribution in [1.29, 1.82) is 0 Å². The number of epoxide rings is 1. The second kappa shape index (κ2) is 11.6. The number of aliphatic hydroxyl groups excluding tert-OH is 2. The SMILES string of the molecule is C=C(C)[C@@]12OC34CCCCCCC[C@@H](C)[C@H]5[C@H](C)[C@H](OC(=O)c6ccccc6)[C@@]6(O)[C@H](O)[C@@]7(CO)O[C@H]7[C@@H]([C@H]1O3)[C@](O4)([C@H](C)[C@H]2OC(C)=O)[C@H]56. The van der Waals surface area contributed by atoms with Gasteiger partial charge in [0.15, 0.2) is 5.60 Å². The van der Waals surface area contributed by atoms with E-state index in [0.29, 0.717) is 17.6 Å². The monoisotopic (exact) mass is 696 g/mol. The molecule has 0 aromatic heterocycles. The van der Waals surface area contributed by atoms with Crippen molar-refractivity contribution in [3.8, 4) is 0 Å². The van der Waals surface area contributed by atoms with Crippen LogP contribution in [0.5, 0.6) is 0 Å². The van der Waals surface area contributed by atoms with Crippen molar-refractivity contribution in [3.05, 3.63) is 48.0 Å². The van der Waals surface area contributed by atoms with E-state index in [1.54, 1.807) is 30.3 Å². The van der Waals surface area contributed by atoms with Crippen molar-refractivity contribution in [1.82, 2.24) is 0 Å². The maximum Gasteiger partial charge on any atom is 0.338 e. The van der Waals surface area contributed by atoms with Gasteiger partial charge in [0.2, 0.25) is 0 Å². The molecule has 16 atom stereocenters. The molecule has 3 aliphatic carbocycles. The van der Waals surface area contributed by atoms with Crippen LogP contribution in [0.3, 0.4) is 0 Å². The van der Waals surface area contributed by atoms with E-state index in [4.69, 9.17) is 28.4 Å². The van der Waals surface area contributed by atoms with Crippen LogP contribution in [0.1, 0.15) is 89.9 Å². The lowest BCUT2D eigenvalue weighted by Gasteiger charge is -2.63. The van der Waals surface area contributed by atoms with Crippen LogP contribution in [-0.4, -0.2) is 92.8 Å². The fourth-order valence-electron chi connectivity index (χ4n) is 12.0. The molecule has 7 aliphatic rings. The van der Waals surface area contributed by atoms with Crippen molar-refractivity contribution in [2.45, 2.75) is 138 Å². The molecule has 274 valence electrons. The first-order chi connectivity index (χ1) is 23.7. The van der Waals surface area contributed by atoms with E-state index in [0.717, 1.165) is 38.5 Å². The van der Waals surface area contributed by atoms with Crippen LogP contribution in [0, 0.1) is 35.5 Å². The zero-order valence-electron chi connectivity index (χ0n) is 29.7. The van der Waals surface area contributed by atoms with Crippen LogP contribution in [-0.2, 0) is 33.2 Å². The first-order valence-corrected chi connectivity index (χ1v) is 18.6. The Labute approximate surface area is 293 Å². The van der Waals surface area contributed by atoms with E-state index in [9.17, 15) is 24.9 Å². The highest BCUT2D eigenvalue weighted by Crippen LogP contribution is 2.76. The van der Waals surface area contributed by atoms with E-state index < -0.39 is 101 Å². The highest BCUT2D eigenvalue weighted by molar-refractivity contribution is 5.89. The molecule has 3 N–H and O–H groups in total. The zero-order valence-corrected chi connectivity index (χ0v) is 29.7. The fraction of sp³-hybridized carbons (Fsp3) is 0.744. The smallest absolute Gasteiger partial charge is 0.338 e. The molecule has 0 amide bonds. The topological polar surface area (TPSA) is 154 Å². The summed E-state index contributed by atoms with van der Waals surface area (Å²) in [4.78, 5) is 26.8. The highest BCUT2D eigenvalue weighted by atomic mass is 16.9. The van der Waals surface area contributed by atoms with Crippen molar-refractivity contribution in [3.63, 3.8) is 0 Å². The summed E-state index contributed by atoms with van der Waals surface area (Å²) in [6.07, 6.45) is 0.510. The molecule has 1 aromatic rings. The van der Waals surface area contributed by atoms with Gasteiger partial charge < -0.3 is 43.7 Å². The highest BCUT2D eigenvalue weighted by Gasteiger charge is 2.92. The van der Waals surface area contributed by atoms with E-state index in [2.05, 4.69) is 13.5 Å². The molecule has 3 bridgehead atoms. The molecule has 8 rings (SSSR count). The summed E-state index contributed by atoms with van der Waals surface area (Å²) in [5.74, 6) is -5.72. The van der Waals surface area contributed by atoms with Gasteiger partial charge in [-0.1, -0.05) is 77.7 Å². The minimum atomic E-state index is -2.16. The third-order valence-corrected chi connectivity index (χ3v) is 14.0. The van der Waals surface area contributed by atoms with Gasteiger partial charge in [0.05, 0.1) is 17.8 Å². The molecule has 0 radical (unpaired) electrons. The van der Waals surface area contributed by atoms with Crippen molar-refractivity contribution in [2.24, 2.45) is 35.5 Å². The Morgan fingerprint density at radius 3 is 2.32 bits per heavy atom. The summed E-state index contributed by atoms with van der Waals surface area (Å²) in [5, 5.41) is 37.4. The second-order valence-corrected chi connectivity index (χ2v) is 16.5. The first-order valence-electron chi connectivity index (χ1n) is 18.6. The van der Waals surface area contributed by atoms with Gasteiger partial charge in [-0.15, -0.1) is 0 Å². The first kappa shape index (κ1) is 34.7. The molecule has 4 aliphatic heterocycles. The summed E-state index contributed by atoms with van der Waals surface area (Å²) < 4.78 is 40.5. The molecule has 2 spiro atoms. The Kier molecular flexibility index (Phi) is 8.02. The molecular formula is C39H52O11. The summed E-state index contributed by atoms with van der Waals surface area (Å²) in [5.41, 5.74) is -5.58. The maximum atomic E-state index is 13.9.